The predicted octanol–water partition coefficient (Wildman–Crippen LogP) is 4.09. The van der Waals surface area contributed by atoms with Gasteiger partial charge in [0.2, 0.25) is 0 Å². The van der Waals surface area contributed by atoms with Gasteiger partial charge in [-0.1, -0.05) is 13.0 Å². The fourth-order valence-corrected chi connectivity index (χ4v) is 1.76. The van der Waals surface area contributed by atoms with Crippen LogP contribution in [-0.2, 0) is 4.79 Å². The van der Waals surface area contributed by atoms with E-state index in [9.17, 15) is 4.79 Å². The van der Waals surface area contributed by atoms with Crippen molar-refractivity contribution in [3.8, 4) is 0 Å². The second kappa shape index (κ2) is 5.47. The first-order valence-electron chi connectivity index (χ1n) is 4.43. The molecule has 0 amide bonds. The SMILES string of the molecule is CC/C(=C\c1ccc(Br)c(Br)c1)C(=O)O. The number of halogens is 2. The van der Waals surface area contributed by atoms with Crippen molar-refractivity contribution in [2.45, 2.75) is 13.3 Å². The lowest BCUT2D eigenvalue weighted by Crippen LogP contribution is -1.98. The topological polar surface area (TPSA) is 37.3 Å². The molecule has 0 aromatic heterocycles. The molecule has 0 aliphatic rings. The Balaban J connectivity index is 3.07. The number of carboxylic acid groups (broad SMARTS) is 1. The first-order valence-corrected chi connectivity index (χ1v) is 6.02. The van der Waals surface area contributed by atoms with Crippen LogP contribution >= 0.6 is 31.9 Å². The van der Waals surface area contributed by atoms with Crippen molar-refractivity contribution in [3.63, 3.8) is 0 Å². The van der Waals surface area contributed by atoms with Crippen molar-refractivity contribution >= 4 is 43.9 Å². The van der Waals surface area contributed by atoms with Crippen molar-refractivity contribution in [3.05, 3.63) is 38.3 Å². The smallest absolute Gasteiger partial charge is 0.331 e. The van der Waals surface area contributed by atoms with Gasteiger partial charge in [-0.25, -0.2) is 4.79 Å². The molecule has 4 heteroatoms. The summed E-state index contributed by atoms with van der Waals surface area (Å²) in [5.41, 5.74) is 1.29. The van der Waals surface area contributed by atoms with E-state index in [4.69, 9.17) is 5.11 Å². The van der Waals surface area contributed by atoms with Gasteiger partial charge in [0.25, 0.3) is 0 Å². The first-order chi connectivity index (χ1) is 7.04. The lowest BCUT2D eigenvalue weighted by Gasteiger charge is -2.01. The van der Waals surface area contributed by atoms with Gasteiger partial charge in [-0.15, -0.1) is 0 Å². The van der Waals surface area contributed by atoms with Crippen LogP contribution in [0.3, 0.4) is 0 Å². The molecule has 0 fully saturated rings. The molecular formula is C11H10Br2O2. The van der Waals surface area contributed by atoms with Gasteiger partial charge in [-0.05, 0) is 62.1 Å². The Morgan fingerprint density at radius 1 is 1.40 bits per heavy atom. The number of hydrogen-bond donors (Lipinski definition) is 1. The number of hydrogen-bond acceptors (Lipinski definition) is 1. The maximum Gasteiger partial charge on any atom is 0.331 e. The average molecular weight is 334 g/mol. The third-order valence-electron chi connectivity index (χ3n) is 1.94. The molecule has 2 nitrogen and oxygen atoms in total. The summed E-state index contributed by atoms with van der Waals surface area (Å²) >= 11 is 6.73. The second-order valence-corrected chi connectivity index (χ2v) is 4.71. The summed E-state index contributed by atoms with van der Waals surface area (Å²) in [6, 6.07) is 5.63. The largest absolute Gasteiger partial charge is 0.478 e. The van der Waals surface area contributed by atoms with E-state index in [1.165, 1.54) is 0 Å². The molecule has 0 heterocycles. The predicted molar refractivity (Wildman–Crippen MR) is 67.7 cm³/mol. The Morgan fingerprint density at radius 3 is 2.53 bits per heavy atom. The molecular weight excluding hydrogens is 324 g/mol. The fraction of sp³-hybridized carbons (Fsp3) is 0.182. The van der Waals surface area contributed by atoms with Crippen molar-refractivity contribution in [1.82, 2.24) is 0 Å². The fourth-order valence-electron chi connectivity index (χ4n) is 1.12. The number of carbonyl (C=O) groups is 1. The van der Waals surface area contributed by atoms with E-state index in [2.05, 4.69) is 31.9 Å². The van der Waals surface area contributed by atoms with Gasteiger partial charge in [0, 0.05) is 14.5 Å². The van der Waals surface area contributed by atoms with Gasteiger partial charge in [0.15, 0.2) is 0 Å². The molecule has 1 N–H and O–H groups in total. The summed E-state index contributed by atoms with van der Waals surface area (Å²) in [5, 5.41) is 8.87. The molecule has 15 heavy (non-hydrogen) atoms. The van der Waals surface area contributed by atoms with E-state index in [1.807, 2.05) is 25.1 Å². The van der Waals surface area contributed by atoms with E-state index in [1.54, 1.807) is 6.08 Å². The highest BCUT2D eigenvalue weighted by molar-refractivity contribution is 9.13. The molecule has 1 rings (SSSR count). The van der Waals surface area contributed by atoms with E-state index in [0.717, 1.165) is 14.5 Å². The molecule has 0 radical (unpaired) electrons. The Bertz CT molecular complexity index is 411. The standard InChI is InChI=1S/C11H10Br2O2/c1-2-8(11(14)15)5-7-3-4-9(12)10(13)6-7/h3-6H,2H2,1H3,(H,14,15)/b8-5+. The quantitative estimate of drug-likeness (QED) is 0.846. The maximum absolute atomic E-state index is 10.8. The molecule has 0 saturated heterocycles. The Labute approximate surface area is 105 Å². The van der Waals surface area contributed by atoms with Crippen molar-refractivity contribution in [1.29, 1.82) is 0 Å². The summed E-state index contributed by atoms with van der Waals surface area (Å²) in [6.07, 6.45) is 2.20. The van der Waals surface area contributed by atoms with Gasteiger partial charge >= 0.3 is 5.97 Å². The van der Waals surface area contributed by atoms with E-state index in [-0.39, 0.29) is 0 Å². The Hall–Kier alpha value is -0.610. The van der Waals surface area contributed by atoms with Crippen LogP contribution in [0.25, 0.3) is 6.08 Å². The molecule has 1 aromatic rings. The van der Waals surface area contributed by atoms with Crippen LogP contribution in [0.1, 0.15) is 18.9 Å². The van der Waals surface area contributed by atoms with Gasteiger partial charge < -0.3 is 5.11 Å². The van der Waals surface area contributed by atoms with Crippen LogP contribution in [0.15, 0.2) is 32.7 Å². The molecule has 1 aromatic carbocycles. The van der Waals surface area contributed by atoms with E-state index < -0.39 is 5.97 Å². The Morgan fingerprint density at radius 2 is 2.07 bits per heavy atom. The molecule has 80 valence electrons. The van der Waals surface area contributed by atoms with E-state index in [0.29, 0.717) is 12.0 Å². The highest BCUT2D eigenvalue weighted by Gasteiger charge is 2.04. The number of aliphatic carboxylic acids is 1. The van der Waals surface area contributed by atoms with Gasteiger partial charge in [-0.3, -0.25) is 0 Å². The summed E-state index contributed by atoms with van der Waals surface area (Å²) in [4.78, 5) is 10.8. The maximum atomic E-state index is 10.8. The summed E-state index contributed by atoms with van der Waals surface area (Å²) in [6.45, 7) is 1.83. The van der Waals surface area contributed by atoms with Crippen molar-refractivity contribution in [2.75, 3.05) is 0 Å². The lowest BCUT2D eigenvalue weighted by molar-refractivity contribution is -0.132. The highest BCUT2D eigenvalue weighted by atomic mass is 79.9. The zero-order valence-electron chi connectivity index (χ0n) is 8.13. The van der Waals surface area contributed by atoms with Crippen molar-refractivity contribution < 1.29 is 9.90 Å². The van der Waals surface area contributed by atoms with E-state index >= 15 is 0 Å². The van der Waals surface area contributed by atoms with Crippen LogP contribution in [0.4, 0.5) is 0 Å². The van der Waals surface area contributed by atoms with Crippen molar-refractivity contribution in [2.24, 2.45) is 0 Å². The minimum atomic E-state index is -0.864. The van der Waals surface area contributed by atoms with Gasteiger partial charge in [0.1, 0.15) is 0 Å². The number of carboxylic acids is 1. The molecule has 0 unspecified atom stereocenters. The van der Waals surface area contributed by atoms with Crippen LogP contribution in [0.5, 0.6) is 0 Å². The number of rotatable bonds is 3. The molecule has 0 aliphatic heterocycles. The Kier molecular flexibility index (Phi) is 4.54. The van der Waals surface area contributed by atoms with Crippen LogP contribution in [-0.4, -0.2) is 11.1 Å². The summed E-state index contributed by atoms with van der Waals surface area (Å²) in [7, 11) is 0. The van der Waals surface area contributed by atoms with Crippen LogP contribution < -0.4 is 0 Å². The minimum Gasteiger partial charge on any atom is -0.478 e. The van der Waals surface area contributed by atoms with Gasteiger partial charge in [-0.2, -0.15) is 0 Å². The zero-order chi connectivity index (χ0) is 11.4. The third-order valence-corrected chi connectivity index (χ3v) is 3.82. The highest BCUT2D eigenvalue weighted by Crippen LogP contribution is 2.25. The normalized spacial score (nSPS) is 11.5. The minimum absolute atomic E-state index is 0.407. The average Bonchev–Trinajstić information content (AvgIpc) is 2.19. The lowest BCUT2D eigenvalue weighted by atomic mass is 10.1. The monoisotopic (exact) mass is 332 g/mol. The first kappa shape index (κ1) is 12.5. The molecule has 0 aliphatic carbocycles. The molecule has 0 atom stereocenters. The summed E-state index contributed by atoms with van der Waals surface area (Å²) < 4.78 is 1.87. The molecule has 0 spiro atoms. The van der Waals surface area contributed by atoms with Crippen LogP contribution in [0, 0.1) is 0 Å². The zero-order valence-corrected chi connectivity index (χ0v) is 11.3. The third kappa shape index (κ3) is 3.47. The van der Waals surface area contributed by atoms with Gasteiger partial charge in [0.05, 0.1) is 0 Å². The molecule has 0 bridgehead atoms. The molecule has 0 saturated carbocycles. The second-order valence-electron chi connectivity index (χ2n) is 3.00. The van der Waals surface area contributed by atoms with Crippen LogP contribution in [0.2, 0.25) is 0 Å². The number of benzene rings is 1. The summed E-state index contributed by atoms with van der Waals surface area (Å²) in [5.74, 6) is -0.864.